The Kier molecular flexibility index (Phi) is 3.55. The first-order valence-corrected chi connectivity index (χ1v) is 8.75. The van der Waals surface area contributed by atoms with Crippen molar-refractivity contribution in [3.05, 3.63) is 57.6 Å². The number of benzene rings is 2. The van der Waals surface area contributed by atoms with E-state index in [2.05, 4.69) is 15.9 Å². The van der Waals surface area contributed by atoms with E-state index in [4.69, 9.17) is 5.73 Å². The Morgan fingerprint density at radius 1 is 1.14 bits per heavy atom. The van der Waals surface area contributed by atoms with Gasteiger partial charge in [-0.2, -0.15) is 4.31 Å². The molecule has 0 aliphatic carbocycles. The largest absolute Gasteiger partial charge is 0.398 e. The molecule has 6 heteroatoms. The summed E-state index contributed by atoms with van der Waals surface area (Å²) in [4.78, 5) is 0.266. The van der Waals surface area contributed by atoms with Gasteiger partial charge in [0.05, 0.1) is 4.90 Å². The van der Waals surface area contributed by atoms with Crippen LogP contribution in [0, 0.1) is 6.92 Å². The van der Waals surface area contributed by atoms with Crippen molar-refractivity contribution in [3.63, 3.8) is 0 Å². The zero-order valence-electron chi connectivity index (χ0n) is 11.5. The lowest BCUT2D eigenvalue weighted by molar-refractivity contribution is 0.431. The molecule has 1 aliphatic rings. The third-order valence-electron chi connectivity index (χ3n) is 3.79. The summed E-state index contributed by atoms with van der Waals surface area (Å²) >= 11 is 3.31. The van der Waals surface area contributed by atoms with Gasteiger partial charge in [-0.15, -0.1) is 0 Å². The maximum Gasteiger partial charge on any atom is 0.244 e. The summed E-state index contributed by atoms with van der Waals surface area (Å²) in [5.74, 6) is 0. The minimum Gasteiger partial charge on any atom is -0.398 e. The first kappa shape index (κ1) is 14.6. The summed E-state index contributed by atoms with van der Waals surface area (Å²) in [5, 5.41) is 0. The van der Waals surface area contributed by atoms with Crippen LogP contribution in [0.2, 0.25) is 0 Å². The number of nitrogens with zero attached hydrogens (tertiary/aromatic N) is 1. The lowest BCUT2D eigenvalue weighted by atomic mass is 10.1. The Labute approximate surface area is 132 Å². The molecule has 110 valence electrons. The van der Waals surface area contributed by atoms with Gasteiger partial charge < -0.3 is 5.73 Å². The van der Waals surface area contributed by atoms with Crippen molar-refractivity contribution in [3.8, 4) is 0 Å². The quantitative estimate of drug-likeness (QED) is 0.830. The first-order chi connectivity index (χ1) is 9.89. The molecular weight excluding hydrogens is 352 g/mol. The van der Waals surface area contributed by atoms with Crippen LogP contribution >= 0.6 is 15.9 Å². The molecular formula is C15H15BrN2O2S. The number of halogens is 1. The molecule has 0 amide bonds. The Morgan fingerprint density at radius 3 is 2.29 bits per heavy atom. The van der Waals surface area contributed by atoms with E-state index in [0.29, 0.717) is 28.8 Å². The molecule has 1 aliphatic heterocycles. The number of hydrogen-bond acceptors (Lipinski definition) is 3. The van der Waals surface area contributed by atoms with Crippen LogP contribution in [-0.2, 0) is 23.1 Å². The predicted octanol–water partition coefficient (Wildman–Crippen LogP) is 3.04. The highest BCUT2D eigenvalue weighted by Crippen LogP contribution is 2.33. The summed E-state index contributed by atoms with van der Waals surface area (Å²) in [5.41, 5.74) is 9.07. The zero-order valence-corrected chi connectivity index (χ0v) is 13.9. The van der Waals surface area contributed by atoms with Gasteiger partial charge in [-0.25, -0.2) is 8.42 Å². The zero-order chi connectivity index (χ0) is 15.2. The first-order valence-electron chi connectivity index (χ1n) is 6.52. The monoisotopic (exact) mass is 366 g/mol. The maximum absolute atomic E-state index is 12.9. The van der Waals surface area contributed by atoms with Crippen LogP contribution in [0.1, 0.15) is 16.7 Å². The van der Waals surface area contributed by atoms with Crippen molar-refractivity contribution < 1.29 is 8.42 Å². The van der Waals surface area contributed by atoms with Gasteiger partial charge in [-0.05, 0) is 35.7 Å². The molecule has 2 aromatic carbocycles. The lowest BCUT2D eigenvalue weighted by Crippen LogP contribution is -2.26. The van der Waals surface area contributed by atoms with Crippen LogP contribution in [0.15, 0.2) is 45.8 Å². The fourth-order valence-electron chi connectivity index (χ4n) is 2.55. The molecule has 0 atom stereocenters. The van der Waals surface area contributed by atoms with Gasteiger partial charge in [0.15, 0.2) is 0 Å². The summed E-state index contributed by atoms with van der Waals surface area (Å²) in [6.07, 6.45) is 0. The fraction of sp³-hybridized carbons (Fsp3) is 0.200. The van der Waals surface area contributed by atoms with Gasteiger partial charge in [0.25, 0.3) is 0 Å². The molecule has 3 rings (SSSR count). The Hall–Kier alpha value is -1.37. The van der Waals surface area contributed by atoms with Gasteiger partial charge in [0, 0.05) is 23.2 Å². The number of rotatable bonds is 2. The van der Waals surface area contributed by atoms with Crippen LogP contribution < -0.4 is 5.73 Å². The molecule has 4 nitrogen and oxygen atoms in total. The van der Waals surface area contributed by atoms with Crippen molar-refractivity contribution in [2.45, 2.75) is 24.9 Å². The third kappa shape index (κ3) is 2.47. The van der Waals surface area contributed by atoms with E-state index in [1.165, 1.54) is 4.31 Å². The molecule has 0 aromatic heterocycles. The highest BCUT2D eigenvalue weighted by molar-refractivity contribution is 9.10. The molecule has 0 spiro atoms. The van der Waals surface area contributed by atoms with Gasteiger partial charge in [0.1, 0.15) is 0 Å². The van der Waals surface area contributed by atoms with Crippen molar-refractivity contribution in [2.24, 2.45) is 0 Å². The normalized spacial score (nSPS) is 15.1. The second-order valence-corrected chi connectivity index (χ2v) is 7.98. The Morgan fingerprint density at radius 2 is 1.71 bits per heavy atom. The average Bonchev–Trinajstić information content (AvgIpc) is 2.87. The Balaban J connectivity index is 2.04. The number of fused-ring (bicyclic) bond motifs is 1. The van der Waals surface area contributed by atoms with Crippen LogP contribution in [0.4, 0.5) is 5.69 Å². The topological polar surface area (TPSA) is 63.4 Å². The second-order valence-electron chi connectivity index (χ2n) is 5.16. The second kappa shape index (κ2) is 5.12. The van der Waals surface area contributed by atoms with Gasteiger partial charge >= 0.3 is 0 Å². The standard InChI is InChI=1S/C15H15BrN2O2S/c1-10-14(17)6-13(16)7-15(10)21(19,20)18-8-11-4-2-3-5-12(11)9-18/h2-7H,8-9,17H2,1H3. The molecule has 2 N–H and O–H groups in total. The number of hydrogen-bond donors (Lipinski definition) is 1. The van der Waals surface area contributed by atoms with Crippen molar-refractivity contribution in [1.82, 2.24) is 4.31 Å². The molecule has 0 radical (unpaired) electrons. The van der Waals surface area contributed by atoms with Gasteiger partial charge in [-0.3, -0.25) is 0 Å². The van der Waals surface area contributed by atoms with E-state index in [1.54, 1.807) is 19.1 Å². The van der Waals surface area contributed by atoms with Crippen LogP contribution in [0.5, 0.6) is 0 Å². The van der Waals surface area contributed by atoms with Gasteiger partial charge in [-0.1, -0.05) is 40.2 Å². The molecule has 0 fully saturated rings. The molecule has 21 heavy (non-hydrogen) atoms. The predicted molar refractivity (Wildman–Crippen MR) is 86.2 cm³/mol. The molecule has 0 saturated heterocycles. The van der Waals surface area contributed by atoms with Crippen molar-refractivity contribution in [2.75, 3.05) is 5.73 Å². The Bertz CT molecular complexity index is 793. The minimum atomic E-state index is -3.56. The van der Waals surface area contributed by atoms with Crippen LogP contribution in [-0.4, -0.2) is 12.7 Å². The molecule has 0 bridgehead atoms. The van der Waals surface area contributed by atoms with Crippen molar-refractivity contribution >= 4 is 31.6 Å². The average molecular weight is 367 g/mol. The molecule has 1 heterocycles. The minimum absolute atomic E-state index is 0.266. The number of sulfonamides is 1. The summed E-state index contributed by atoms with van der Waals surface area (Å²) < 4.78 is 27.9. The SMILES string of the molecule is Cc1c(N)cc(Br)cc1S(=O)(=O)N1Cc2ccccc2C1. The number of nitrogens with two attached hydrogens (primary N) is 1. The van der Waals surface area contributed by atoms with E-state index in [1.807, 2.05) is 24.3 Å². The molecule has 0 saturated carbocycles. The highest BCUT2D eigenvalue weighted by Gasteiger charge is 2.31. The van der Waals surface area contributed by atoms with Gasteiger partial charge in [0.2, 0.25) is 10.0 Å². The summed E-state index contributed by atoms with van der Waals surface area (Å²) in [6.45, 7) is 2.55. The highest BCUT2D eigenvalue weighted by atomic mass is 79.9. The van der Waals surface area contributed by atoms with Crippen molar-refractivity contribution in [1.29, 1.82) is 0 Å². The van der Waals surface area contributed by atoms with E-state index in [-0.39, 0.29) is 4.90 Å². The third-order valence-corrected chi connectivity index (χ3v) is 6.17. The smallest absolute Gasteiger partial charge is 0.244 e. The molecule has 2 aromatic rings. The summed E-state index contributed by atoms with van der Waals surface area (Å²) in [7, 11) is -3.56. The summed E-state index contributed by atoms with van der Waals surface area (Å²) in [6, 6.07) is 11.1. The fourth-order valence-corrected chi connectivity index (χ4v) is 4.86. The number of anilines is 1. The van der Waals surface area contributed by atoms with Crippen LogP contribution in [0.25, 0.3) is 0 Å². The molecule has 0 unspecified atom stereocenters. The van der Waals surface area contributed by atoms with E-state index in [9.17, 15) is 8.42 Å². The van der Waals surface area contributed by atoms with E-state index < -0.39 is 10.0 Å². The maximum atomic E-state index is 12.9. The number of nitrogen functional groups attached to an aromatic ring is 1. The van der Waals surface area contributed by atoms with E-state index >= 15 is 0 Å². The lowest BCUT2D eigenvalue weighted by Gasteiger charge is -2.18. The van der Waals surface area contributed by atoms with E-state index in [0.717, 1.165) is 11.1 Å². The van der Waals surface area contributed by atoms with Crippen LogP contribution in [0.3, 0.4) is 0 Å².